The summed E-state index contributed by atoms with van der Waals surface area (Å²) in [5.41, 5.74) is -0.120. The molecule has 0 spiro atoms. The van der Waals surface area contributed by atoms with Crippen molar-refractivity contribution in [3.8, 4) is 0 Å². The smallest absolute Gasteiger partial charge is 0.404 e. The normalized spacial score (nSPS) is 22.3. The minimum Gasteiger partial charge on any atom is -0.465 e. The van der Waals surface area contributed by atoms with Crippen molar-refractivity contribution in [2.45, 2.75) is 57.7 Å². The first kappa shape index (κ1) is 19.5. The summed E-state index contributed by atoms with van der Waals surface area (Å²) >= 11 is 0. The van der Waals surface area contributed by atoms with Gasteiger partial charge >= 0.3 is 6.09 Å². The van der Waals surface area contributed by atoms with Gasteiger partial charge in [0.2, 0.25) is 10.0 Å². The maximum absolute atomic E-state index is 11.8. The molecule has 2 rings (SSSR count). The molecule has 0 bridgehead atoms. The number of carboxylic acid groups (broad SMARTS) is 1. The van der Waals surface area contributed by atoms with Crippen LogP contribution >= 0.6 is 0 Å². The van der Waals surface area contributed by atoms with E-state index in [4.69, 9.17) is 5.11 Å². The van der Waals surface area contributed by atoms with Gasteiger partial charge in [0, 0.05) is 19.1 Å². The minimum atomic E-state index is -3.10. The lowest BCUT2D eigenvalue weighted by Crippen LogP contribution is -2.51. The van der Waals surface area contributed by atoms with Gasteiger partial charge in [-0.2, -0.15) is 0 Å². The Morgan fingerprint density at radius 3 is 2.25 bits per heavy atom. The second-order valence-corrected chi connectivity index (χ2v) is 10.2. The van der Waals surface area contributed by atoms with Crippen LogP contribution in [0.15, 0.2) is 0 Å². The van der Waals surface area contributed by atoms with Crippen molar-refractivity contribution in [1.82, 2.24) is 14.9 Å². The number of likely N-dealkylation sites (tertiary alicyclic amines) is 1. The van der Waals surface area contributed by atoms with Crippen molar-refractivity contribution in [3.63, 3.8) is 0 Å². The molecule has 0 aromatic heterocycles. The number of nitrogens with one attached hydrogen (secondary N) is 2. The van der Waals surface area contributed by atoms with E-state index in [0.717, 1.165) is 38.8 Å². The van der Waals surface area contributed by atoms with Crippen LogP contribution in [0.4, 0.5) is 4.79 Å². The summed E-state index contributed by atoms with van der Waals surface area (Å²) in [5, 5.41) is 11.6. The van der Waals surface area contributed by atoms with E-state index in [9.17, 15) is 13.2 Å². The van der Waals surface area contributed by atoms with Crippen LogP contribution < -0.4 is 10.0 Å². The molecule has 0 radical (unpaired) electrons. The van der Waals surface area contributed by atoms with Crippen molar-refractivity contribution in [3.05, 3.63) is 0 Å². The van der Waals surface area contributed by atoms with E-state index < -0.39 is 16.1 Å². The molecule has 1 saturated carbocycles. The van der Waals surface area contributed by atoms with Crippen LogP contribution in [0.2, 0.25) is 0 Å². The van der Waals surface area contributed by atoms with Crippen molar-refractivity contribution < 1.29 is 18.3 Å². The fraction of sp³-hybridized carbons (Fsp3) is 0.938. The van der Waals surface area contributed by atoms with Gasteiger partial charge in [-0.05, 0) is 50.1 Å². The van der Waals surface area contributed by atoms with Crippen LogP contribution in [-0.2, 0) is 10.0 Å². The Bertz CT molecular complexity index is 532. The van der Waals surface area contributed by atoms with Crippen LogP contribution in [0.3, 0.4) is 0 Å². The molecular formula is C16H31N3O4S. The molecule has 2 aliphatic rings. The number of carbonyl (C=O) groups is 1. The zero-order chi connectivity index (χ0) is 18.0. The van der Waals surface area contributed by atoms with Crippen LogP contribution in [0.5, 0.6) is 0 Å². The van der Waals surface area contributed by atoms with E-state index in [0.29, 0.717) is 19.0 Å². The third kappa shape index (κ3) is 5.60. The lowest BCUT2D eigenvalue weighted by molar-refractivity contribution is 0.106. The number of sulfonamides is 1. The minimum absolute atomic E-state index is 0.0643. The molecule has 2 fully saturated rings. The molecule has 1 amide bonds. The molecule has 0 aromatic carbocycles. The summed E-state index contributed by atoms with van der Waals surface area (Å²) in [7, 11) is -3.10. The maximum Gasteiger partial charge on any atom is 0.404 e. The second-order valence-electron chi connectivity index (χ2n) is 8.11. The number of amides is 1. The molecule has 1 aliphatic heterocycles. The Labute approximate surface area is 145 Å². The monoisotopic (exact) mass is 361 g/mol. The van der Waals surface area contributed by atoms with Crippen LogP contribution in [0.1, 0.15) is 46.5 Å². The van der Waals surface area contributed by atoms with E-state index in [-0.39, 0.29) is 16.7 Å². The lowest BCUT2D eigenvalue weighted by Gasteiger charge is -2.41. The predicted octanol–water partition coefficient (Wildman–Crippen LogP) is 1.46. The molecule has 0 aromatic rings. The number of rotatable bonds is 7. The Morgan fingerprint density at radius 1 is 1.21 bits per heavy atom. The average molecular weight is 362 g/mol. The summed E-state index contributed by atoms with van der Waals surface area (Å²) in [4.78, 5) is 13.3. The standard InChI is InChI=1S/C16H31N3O4S/c1-16(2,3)14(18-15(20)21)12-6-9-19(10-7-12)11-8-17-24(22,23)13-4-5-13/h12-14,17-18H,4-11H2,1-3H3,(H,20,21). The van der Waals surface area contributed by atoms with E-state index in [2.05, 4.69) is 35.7 Å². The number of nitrogens with zero attached hydrogens (tertiary/aromatic N) is 1. The summed E-state index contributed by atoms with van der Waals surface area (Å²) in [6.07, 6.45) is 2.46. The molecule has 1 aliphatic carbocycles. The lowest BCUT2D eigenvalue weighted by atomic mass is 9.75. The fourth-order valence-corrected chi connectivity index (χ4v) is 4.89. The summed E-state index contributed by atoms with van der Waals surface area (Å²) in [5.74, 6) is 0.320. The first-order valence-electron chi connectivity index (χ1n) is 8.80. The highest BCUT2D eigenvalue weighted by molar-refractivity contribution is 7.90. The zero-order valence-electron chi connectivity index (χ0n) is 14.9. The molecule has 1 unspecified atom stereocenters. The van der Waals surface area contributed by atoms with Gasteiger partial charge in [-0.15, -0.1) is 0 Å². The van der Waals surface area contributed by atoms with Crippen LogP contribution in [0, 0.1) is 11.3 Å². The molecular weight excluding hydrogens is 330 g/mol. The number of piperidine rings is 1. The van der Waals surface area contributed by atoms with Gasteiger partial charge in [0.1, 0.15) is 0 Å². The van der Waals surface area contributed by atoms with E-state index in [1.54, 1.807) is 0 Å². The Balaban J connectivity index is 1.76. The predicted molar refractivity (Wildman–Crippen MR) is 93.5 cm³/mol. The first-order chi connectivity index (χ1) is 11.1. The van der Waals surface area contributed by atoms with Crippen molar-refractivity contribution in [1.29, 1.82) is 0 Å². The Kier molecular flexibility index (Phi) is 6.14. The highest BCUT2D eigenvalue weighted by Crippen LogP contribution is 2.32. The number of hydrogen-bond acceptors (Lipinski definition) is 4. The van der Waals surface area contributed by atoms with Gasteiger partial charge in [0.15, 0.2) is 0 Å². The SMILES string of the molecule is CC(C)(C)C(NC(=O)O)C1CCN(CCNS(=O)(=O)C2CC2)CC1. The average Bonchev–Trinajstić information content (AvgIpc) is 3.29. The molecule has 7 nitrogen and oxygen atoms in total. The van der Waals surface area contributed by atoms with E-state index >= 15 is 0 Å². The van der Waals surface area contributed by atoms with Gasteiger partial charge in [-0.25, -0.2) is 17.9 Å². The zero-order valence-corrected chi connectivity index (χ0v) is 15.7. The molecule has 1 atom stereocenters. The van der Waals surface area contributed by atoms with E-state index in [1.807, 2.05) is 0 Å². The van der Waals surface area contributed by atoms with Gasteiger partial charge in [-0.1, -0.05) is 20.8 Å². The molecule has 3 N–H and O–H groups in total. The topological polar surface area (TPSA) is 98.7 Å². The Morgan fingerprint density at radius 2 is 1.79 bits per heavy atom. The van der Waals surface area contributed by atoms with Gasteiger partial charge in [0.25, 0.3) is 0 Å². The van der Waals surface area contributed by atoms with Crippen molar-refractivity contribution in [2.75, 3.05) is 26.2 Å². The summed E-state index contributed by atoms with van der Waals surface area (Å²) in [6.45, 7) is 9.12. The highest BCUT2D eigenvalue weighted by Gasteiger charge is 2.36. The third-order valence-electron chi connectivity index (χ3n) is 5.01. The van der Waals surface area contributed by atoms with Gasteiger partial charge in [-0.3, -0.25) is 0 Å². The molecule has 8 heteroatoms. The van der Waals surface area contributed by atoms with Crippen molar-refractivity contribution in [2.24, 2.45) is 11.3 Å². The van der Waals surface area contributed by atoms with Crippen LogP contribution in [0.25, 0.3) is 0 Å². The summed E-state index contributed by atoms with van der Waals surface area (Å²) in [6, 6.07) is -0.0643. The quantitative estimate of drug-likeness (QED) is 0.638. The second kappa shape index (κ2) is 7.58. The summed E-state index contributed by atoms with van der Waals surface area (Å²) < 4.78 is 26.3. The molecule has 24 heavy (non-hydrogen) atoms. The van der Waals surface area contributed by atoms with Gasteiger partial charge < -0.3 is 15.3 Å². The van der Waals surface area contributed by atoms with Gasteiger partial charge in [0.05, 0.1) is 5.25 Å². The van der Waals surface area contributed by atoms with Crippen molar-refractivity contribution >= 4 is 16.1 Å². The molecule has 1 heterocycles. The maximum atomic E-state index is 11.8. The highest BCUT2D eigenvalue weighted by atomic mass is 32.2. The Hall–Kier alpha value is -0.860. The van der Waals surface area contributed by atoms with E-state index in [1.165, 1.54) is 0 Å². The number of hydrogen-bond donors (Lipinski definition) is 3. The fourth-order valence-electron chi connectivity index (χ4n) is 3.53. The van der Waals surface area contributed by atoms with Crippen LogP contribution in [-0.4, -0.2) is 62.0 Å². The molecule has 1 saturated heterocycles. The third-order valence-corrected chi connectivity index (χ3v) is 6.97. The first-order valence-corrected chi connectivity index (χ1v) is 10.3. The largest absolute Gasteiger partial charge is 0.465 e. The molecule has 140 valence electrons.